The van der Waals surface area contributed by atoms with E-state index in [0.29, 0.717) is 13.0 Å². The van der Waals surface area contributed by atoms with E-state index >= 15 is 0 Å². The SMILES string of the molecule is CCC(=O)c1nn(CC)cc1C(=O)OC. The van der Waals surface area contributed by atoms with Crippen molar-refractivity contribution < 1.29 is 14.3 Å². The first kappa shape index (κ1) is 11.4. The zero-order chi connectivity index (χ0) is 11.4. The van der Waals surface area contributed by atoms with Crippen LogP contribution in [0.15, 0.2) is 6.20 Å². The van der Waals surface area contributed by atoms with E-state index < -0.39 is 5.97 Å². The van der Waals surface area contributed by atoms with Crippen molar-refractivity contribution in [2.45, 2.75) is 26.8 Å². The Kier molecular flexibility index (Phi) is 3.60. The number of esters is 1. The molecule has 82 valence electrons. The first-order valence-electron chi connectivity index (χ1n) is 4.83. The lowest BCUT2D eigenvalue weighted by Gasteiger charge is -1.96. The van der Waals surface area contributed by atoms with E-state index in [1.54, 1.807) is 11.6 Å². The number of carbonyl (C=O) groups excluding carboxylic acids is 2. The average Bonchev–Trinajstić information content (AvgIpc) is 2.70. The van der Waals surface area contributed by atoms with Gasteiger partial charge in [0.1, 0.15) is 11.3 Å². The van der Waals surface area contributed by atoms with Gasteiger partial charge in [0.25, 0.3) is 0 Å². The van der Waals surface area contributed by atoms with Crippen LogP contribution in [0.4, 0.5) is 0 Å². The van der Waals surface area contributed by atoms with Crippen molar-refractivity contribution in [3.05, 3.63) is 17.5 Å². The number of rotatable bonds is 4. The smallest absolute Gasteiger partial charge is 0.341 e. The molecule has 0 aliphatic carbocycles. The fourth-order valence-corrected chi connectivity index (χ4v) is 1.22. The molecule has 0 unspecified atom stereocenters. The van der Waals surface area contributed by atoms with Gasteiger partial charge in [0, 0.05) is 19.2 Å². The summed E-state index contributed by atoms with van der Waals surface area (Å²) in [5.74, 6) is -0.672. The standard InChI is InChI=1S/C10H14N2O3/c1-4-8(13)9-7(10(14)15-3)6-12(5-2)11-9/h6H,4-5H2,1-3H3. The molecule has 0 spiro atoms. The number of aromatic nitrogens is 2. The van der Waals surface area contributed by atoms with E-state index in [2.05, 4.69) is 9.84 Å². The van der Waals surface area contributed by atoms with Crippen LogP contribution in [0.3, 0.4) is 0 Å². The number of hydrogen-bond donors (Lipinski definition) is 0. The Hall–Kier alpha value is -1.65. The maximum Gasteiger partial charge on any atom is 0.341 e. The molecular formula is C10H14N2O3. The predicted octanol–water partition coefficient (Wildman–Crippen LogP) is 1.28. The Balaban J connectivity index is 3.17. The summed E-state index contributed by atoms with van der Waals surface area (Å²) in [7, 11) is 1.28. The molecular weight excluding hydrogens is 196 g/mol. The summed E-state index contributed by atoms with van der Waals surface area (Å²) in [6.07, 6.45) is 1.86. The number of methoxy groups -OCH3 is 1. The third-order valence-electron chi connectivity index (χ3n) is 2.08. The van der Waals surface area contributed by atoms with Gasteiger partial charge in [-0.25, -0.2) is 4.79 Å². The number of Topliss-reactive ketones (excluding diaryl/α,β-unsaturated/α-hetero) is 1. The molecule has 0 aliphatic heterocycles. The molecule has 5 heteroatoms. The Morgan fingerprint density at radius 3 is 2.60 bits per heavy atom. The van der Waals surface area contributed by atoms with Gasteiger partial charge in [0.15, 0.2) is 5.78 Å². The highest BCUT2D eigenvalue weighted by Gasteiger charge is 2.20. The molecule has 0 aliphatic rings. The molecule has 1 heterocycles. The molecule has 0 saturated heterocycles. The highest BCUT2D eigenvalue weighted by atomic mass is 16.5. The summed E-state index contributed by atoms with van der Waals surface area (Å²) in [5, 5.41) is 4.03. The minimum atomic E-state index is -0.522. The van der Waals surface area contributed by atoms with Gasteiger partial charge in [-0.1, -0.05) is 6.92 Å². The van der Waals surface area contributed by atoms with Gasteiger partial charge < -0.3 is 4.74 Å². The van der Waals surface area contributed by atoms with Crippen LogP contribution in [0.2, 0.25) is 0 Å². The molecule has 5 nitrogen and oxygen atoms in total. The molecule has 1 rings (SSSR count). The third kappa shape index (κ3) is 2.23. The Morgan fingerprint density at radius 1 is 1.47 bits per heavy atom. The summed E-state index contributed by atoms with van der Waals surface area (Å²) in [4.78, 5) is 22.9. The minimum Gasteiger partial charge on any atom is -0.465 e. The van der Waals surface area contributed by atoms with Crippen LogP contribution >= 0.6 is 0 Å². The van der Waals surface area contributed by atoms with Gasteiger partial charge in [-0.15, -0.1) is 0 Å². The van der Waals surface area contributed by atoms with E-state index in [4.69, 9.17) is 0 Å². The number of aryl methyl sites for hydroxylation is 1. The van der Waals surface area contributed by atoms with E-state index in [1.807, 2.05) is 6.92 Å². The maximum absolute atomic E-state index is 11.5. The second kappa shape index (κ2) is 4.72. The Labute approximate surface area is 88.0 Å². The van der Waals surface area contributed by atoms with Crippen LogP contribution in [-0.4, -0.2) is 28.6 Å². The van der Waals surface area contributed by atoms with Crippen LogP contribution in [0.1, 0.15) is 41.1 Å². The van der Waals surface area contributed by atoms with Crippen molar-refractivity contribution in [3.63, 3.8) is 0 Å². The van der Waals surface area contributed by atoms with Crippen molar-refractivity contribution in [3.8, 4) is 0 Å². The fraction of sp³-hybridized carbons (Fsp3) is 0.500. The number of ether oxygens (including phenoxy) is 1. The van der Waals surface area contributed by atoms with E-state index in [-0.39, 0.29) is 17.0 Å². The van der Waals surface area contributed by atoms with E-state index in [9.17, 15) is 9.59 Å². The van der Waals surface area contributed by atoms with Gasteiger partial charge in [-0.05, 0) is 6.92 Å². The lowest BCUT2D eigenvalue weighted by atomic mass is 10.1. The first-order valence-corrected chi connectivity index (χ1v) is 4.83. The van der Waals surface area contributed by atoms with Crippen LogP contribution < -0.4 is 0 Å². The highest BCUT2D eigenvalue weighted by molar-refractivity contribution is 6.04. The van der Waals surface area contributed by atoms with Gasteiger partial charge in [0.05, 0.1) is 7.11 Å². The molecule has 0 saturated carbocycles. The Bertz CT molecular complexity index is 349. The molecule has 0 fully saturated rings. The average molecular weight is 210 g/mol. The van der Waals surface area contributed by atoms with Gasteiger partial charge in [0.2, 0.25) is 0 Å². The van der Waals surface area contributed by atoms with Crippen molar-refractivity contribution in [1.82, 2.24) is 9.78 Å². The van der Waals surface area contributed by atoms with E-state index in [0.717, 1.165) is 0 Å². The molecule has 0 amide bonds. The summed E-state index contributed by atoms with van der Waals surface area (Å²) in [5.41, 5.74) is 0.442. The largest absolute Gasteiger partial charge is 0.465 e. The number of ketones is 1. The summed E-state index contributed by atoms with van der Waals surface area (Å²) < 4.78 is 6.14. The molecule has 1 aromatic rings. The molecule has 0 atom stereocenters. The lowest BCUT2D eigenvalue weighted by Crippen LogP contribution is -2.08. The summed E-state index contributed by atoms with van der Waals surface area (Å²) in [6.45, 7) is 4.23. The van der Waals surface area contributed by atoms with Crippen LogP contribution in [-0.2, 0) is 11.3 Å². The normalized spacial score (nSPS) is 10.1. The van der Waals surface area contributed by atoms with E-state index in [1.165, 1.54) is 13.3 Å². The first-order chi connectivity index (χ1) is 7.13. The quantitative estimate of drug-likeness (QED) is 0.554. The third-order valence-corrected chi connectivity index (χ3v) is 2.08. The van der Waals surface area contributed by atoms with Crippen LogP contribution in [0.5, 0.6) is 0 Å². The second-order valence-electron chi connectivity index (χ2n) is 3.02. The predicted molar refractivity (Wildman–Crippen MR) is 53.9 cm³/mol. The fourth-order valence-electron chi connectivity index (χ4n) is 1.22. The Morgan fingerprint density at radius 2 is 2.13 bits per heavy atom. The highest BCUT2D eigenvalue weighted by Crippen LogP contribution is 2.11. The molecule has 0 N–H and O–H groups in total. The van der Waals surface area contributed by atoms with Crippen molar-refractivity contribution in [2.24, 2.45) is 0 Å². The zero-order valence-corrected chi connectivity index (χ0v) is 9.11. The van der Waals surface area contributed by atoms with Crippen molar-refractivity contribution in [2.75, 3.05) is 7.11 Å². The molecule has 15 heavy (non-hydrogen) atoms. The lowest BCUT2D eigenvalue weighted by molar-refractivity contribution is 0.0597. The van der Waals surface area contributed by atoms with Gasteiger partial charge in [-0.2, -0.15) is 5.10 Å². The maximum atomic E-state index is 11.5. The van der Waals surface area contributed by atoms with Crippen LogP contribution in [0.25, 0.3) is 0 Å². The molecule has 0 aromatic carbocycles. The van der Waals surface area contributed by atoms with Gasteiger partial charge >= 0.3 is 5.97 Å². The minimum absolute atomic E-state index is 0.150. The van der Waals surface area contributed by atoms with Crippen LogP contribution in [0, 0.1) is 0 Å². The number of nitrogens with zero attached hydrogens (tertiary/aromatic N) is 2. The summed E-state index contributed by atoms with van der Waals surface area (Å²) in [6, 6.07) is 0. The molecule has 0 bridgehead atoms. The van der Waals surface area contributed by atoms with Crippen molar-refractivity contribution in [1.29, 1.82) is 0 Å². The number of carbonyl (C=O) groups is 2. The molecule has 0 radical (unpaired) electrons. The summed E-state index contributed by atoms with van der Waals surface area (Å²) >= 11 is 0. The second-order valence-corrected chi connectivity index (χ2v) is 3.02. The monoisotopic (exact) mass is 210 g/mol. The van der Waals surface area contributed by atoms with Crippen molar-refractivity contribution >= 4 is 11.8 Å². The zero-order valence-electron chi connectivity index (χ0n) is 9.11. The molecule has 1 aromatic heterocycles. The van der Waals surface area contributed by atoms with Gasteiger partial charge in [-0.3, -0.25) is 9.48 Å². The topological polar surface area (TPSA) is 61.2 Å². The number of hydrogen-bond acceptors (Lipinski definition) is 4.